The summed E-state index contributed by atoms with van der Waals surface area (Å²) < 4.78 is 38.6. The van der Waals surface area contributed by atoms with Crippen molar-refractivity contribution < 1.29 is 32.6 Å². The molecule has 2 aromatic carbocycles. The zero-order valence-corrected chi connectivity index (χ0v) is 26.7. The van der Waals surface area contributed by atoms with Crippen molar-refractivity contribution >= 4 is 22.0 Å². The number of ether oxygens (including phenoxy) is 2. The molecule has 2 amide bonds. The second kappa shape index (κ2) is 15.7. The zero-order valence-electron chi connectivity index (χ0n) is 25.9. The summed E-state index contributed by atoms with van der Waals surface area (Å²) in [6.07, 6.45) is -1.38. The van der Waals surface area contributed by atoms with Crippen molar-refractivity contribution in [2.75, 3.05) is 32.1 Å². The molecule has 1 heterocycles. The van der Waals surface area contributed by atoms with Gasteiger partial charge in [-0.2, -0.15) is 4.31 Å². The van der Waals surface area contributed by atoms with E-state index in [0.29, 0.717) is 13.2 Å². The fourth-order valence-corrected chi connectivity index (χ4v) is 6.91. The van der Waals surface area contributed by atoms with E-state index in [-0.39, 0.29) is 37.6 Å². The molecule has 4 atom stereocenters. The van der Waals surface area contributed by atoms with Crippen molar-refractivity contribution in [3.05, 3.63) is 71.8 Å². The molecule has 0 aromatic heterocycles. The van der Waals surface area contributed by atoms with Crippen LogP contribution in [0.1, 0.15) is 45.7 Å². The lowest BCUT2D eigenvalue weighted by molar-refractivity contribution is -0.127. The molecular formula is C32H47N3O7S. The Morgan fingerprint density at radius 3 is 1.86 bits per heavy atom. The maximum absolute atomic E-state index is 13.8. The van der Waals surface area contributed by atoms with Gasteiger partial charge in [0.15, 0.2) is 0 Å². The van der Waals surface area contributed by atoms with Gasteiger partial charge in [-0.3, -0.25) is 4.79 Å². The van der Waals surface area contributed by atoms with Crippen LogP contribution in [-0.4, -0.2) is 85.7 Å². The summed E-state index contributed by atoms with van der Waals surface area (Å²) in [4.78, 5) is 26.7. The SMILES string of the molecule is CC(C)C(CS(=O)(=O)N1CCOCC1)C(=O)NC(Cc1ccccc1)C(O)C(Cc1ccccc1)NC(=O)OC(C)(C)C. The third kappa shape index (κ3) is 11.2. The normalized spacial score (nSPS) is 17.5. The van der Waals surface area contributed by atoms with Crippen LogP contribution in [0.25, 0.3) is 0 Å². The molecule has 4 unspecified atom stereocenters. The summed E-state index contributed by atoms with van der Waals surface area (Å²) >= 11 is 0. The van der Waals surface area contributed by atoms with Crippen molar-refractivity contribution in [3.8, 4) is 0 Å². The second-order valence-corrected chi connectivity index (χ2v) is 14.4. The molecule has 3 N–H and O–H groups in total. The number of nitrogens with one attached hydrogen (secondary N) is 2. The molecule has 1 aliphatic rings. The summed E-state index contributed by atoms with van der Waals surface area (Å²) in [5.41, 5.74) is 0.995. The topological polar surface area (TPSA) is 134 Å². The molecule has 0 radical (unpaired) electrons. The van der Waals surface area contributed by atoms with Crippen molar-refractivity contribution in [1.29, 1.82) is 0 Å². The number of morpholine rings is 1. The first-order chi connectivity index (χ1) is 20.2. The lowest BCUT2D eigenvalue weighted by atomic mass is 9.91. The quantitative estimate of drug-likeness (QED) is 0.314. The monoisotopic (exact) mass is 617 g/mol. The van der Waals surface area contributed by atoms with Crippen LogP contribution >= 0.6 is 0 Å². The maximum atomic E-state index is 13.8. The minimum absolute atomic E-state index is 0.252. The number of hydrogen-bond acceptors (Lipinski definition) is 7. The van der Waals surface area contributed by atoms with E-state index >= 15 is 0 Å². The third-order valence-electron chi connectivity index (χ3n) is 7.35. The summed E-state index contributed by atoms with van der Waals surface area (Å²) in [5.74, 6) is -1.97. The Morgan fingerprint density at radius 1 is 0.907 bits per heavy atom. The van der Waals surface area contributed by atoms with Crippen LogP contribution in [0.3, 0.4) is 0 Å². The highest BCUT2D eigenvalue weighted by Gasteiger charge is 2.37. The molecular weight excluding hydrogens is 570 g/mol. The van der Waals surface area contributed by atoms with Gasteiger partial charge in [-0.15, -0.1) is 0 Å². The van der Waals surface area contributed by atoms with Crippen LogP contribution in [0, 0.1) is 11.8 Å². The fraction of sp³-hybridized carbons (Fsp3) is 0.562. The molecule has 43 heavy (non-hydrogen) atoms. The number of benzene rings is 2. The fourth-order valence-electron chi connectivity index (χ4n) is 5.01. The second-order valence-electron chi connectivity index (χ2n) is 12.4. The molecule has 11 heteroatoms. The maximum Gasteiger partial charge on any atom is 0.407 e. The van der Waals surface area contributed by atoms with Gasteiger partial charge in [-0.25, -0.2) is 13.2 Å². The number of hydrogen-bond donors (Lipinski definition) is 3. The number of carbonyl (C=O) groups excluding carboxylic acids is 2. The molecule has 1 aliphatic heterocycles. The van der Waals surface area contributed by atoms with Gasteiger partial charge in [0, 0.05) is 13.1 Å². The third-order valence-corrected chi connectivity index (χ3v) is 9.28. The van der Waals surface area contributed by atoms with Crippen molar-refractivity contribution in [3.63, 3.8) is 0 Å². The van der Waals surface area contributed by atoms with E-state index < -0.39 is 51.7 Å². The molecule has 238 valence electrons. The molecule has 2 aromatic rings. The number of amides is 2. The van der Waals surface area contributed by atoms with Crippen molar-refractivity contribution in [1.82, 2.24) is 14.9 Å². The van der Waals surface area contributed by atoms with E-state index in [1.54, 1.807) is 20.8 Å². The lowest BCUT2D eigenvalue weighted by Crippen LogP contribution is -2.57. The highest BCUT2D eigenvalue weighted by atomic mass is 32.2. The first-order valence-electron chi connectivity index (χ1n) is 14.9. The highest BCUT2D eigenvalue weighted by molar-refractivity contribution is 7.89. The smallest absolute Gasteiger partial charge is 0.407 e. The summed E-state index contributed by atoms with van der Waals surface area (Å²) in [6, 6.07) is 17.2. The summed E-state index contributed by atoms with van der Waals surface area (Å²) in [5, 5.41) is 17.6. The van der Waals surface area contributed by atoms with E-state index in [1.807, 2.05) is 74.5 Å². The Kier molecular flexibility index (Phi) is 12.6. The van der Waals surface area contributed by atoms with Crippen molar-refractivity contribution in [2.24, 2.45) is 11.8 Å². The number of aliphatic hydroxyl groups excluding tert-OH is 1. The van der Waals surface area contributed by atoms with Crippen LogP contribution in [0.4, 0.5) is 4.79 Å². The Bertz CT molecular complexity index is 1260. The number of sulfonamides is 1. The summed E-state index contributed by atoms with van der Waals surface area (Å²) in [7, 11) is -3.72. The minimum atomic E-state index is -3.72. The van der Waals surface area contributed by atoms with E-state index in [1.165, 1.54) is 4.31 Å². The number of carbonyl (C=O) groups is 2. The predicted molar refractivity (Wildman–Crippen MR) is 166 cm³/mol. The Morgan fingerprint density at radius 2 is 1.40 bits per heavy atom. The molecule has 0 spiro atoms. The molecule has 0 aliphatic carbocycles. The number of aliphatic hydroxyl groups is 1. The Labute approximate surface area is 256 Å². The first-order valence-corrected chi connectivity index (χ1v) is 16.5. The number of rotatable bonds is 13. The van der Waals surface area contributed by atoms with Crippen LogP contribution in [0.15, 0.2) is 60.7 Å². The minimum Gasteiger partial charge on any atom is -0.444 e. The van der Waals surface area contributed by atoms with Gasteiger partial charge in [-0.05, 0) is 50.7 Å². The van der Waals surface area contributed by atoms with Crippen LogP contribution in [0.2, 0.25) is 0 Å². The Balaban J connectivity index is 1.89. The molecule has 0 bridgehead atoms. The van der Waals surface area contributed by atoms with Crippen LogP contribution < -0.4 is 10.6 Å². The molecule has 1 fully saturated rings. The van der Waals surface area contributed by atoms with E-state index in [9.17, 15) is 23.1 Å². The Hall–Kier alpha value is -2.99. The van der Waals surface area contributed by atoms with Gasteiger partial charge in [0.05, 0.1) is 43.1 Å². The number of nitrogens with zero attached hydrogens (tertiary/aromatic N) is 1. The summed E-state index contributed by atoms with van der Waals surface area (Å²) in [6.45, 7) is 10.0. The number of alkyl carbamates (subject to hydrolysis) is 1. The average molecular weight is 618 g/mol. The molecule has 3 rings (SSSR count). The zero-order chi connectivity index (χ0) is 31.6. The van der Waals surface area contributed by atoms with Crippen LogP contribution in [0.5, 0.6) is 0 Å². The molecule has 10 nitrogen and oxygen atoms in total. The largest absolute Gasteiger partial charge is 0.444 e. The van der Waals surface area contributed by atoms with Crippen molar-refractivity contribution in [2.45, 2.75) is 71.2 Å². The van der Waals surface area contributed by atoms with E-state index in [2.05, 4.69) is 10.6 Å². The van der Waals surface area contributed by atoms with Gasteiger partial charge in [-0.1, -0.05) is 74.5 Å². The van der Waals surface area contributed by atoms with Gasteiger partial charge >= 0.3 is 6.09 Å². The lowest BCUT2D eigenvalue weighted by Gasteiger charge is -2.34. The van der Waals surface area contributed by atoms with Gasteiger partial charge in [0.2, 0.25) is 15.9 Å². The molecule has 0 saturated carbocycles. The van der Waals surface area contributed by atoms with Gasteiger partial charge in [0.25, 0.3) is 0 Å². The predicted octanol–water partition coefficient (Wildman–Crippen LogP) is 3.15. The first kappa shape index (κ1) is 34.5. The van der Waals surface area contributed by atoms with E-state index in [0.717, 1.165) is 11.1 Å². The van der Waals surface area contributed by atoms with E-state index in [4.69, 9.17) is 9.47 Å². The highest BCUT2D eigenvalue weighted by Crippen LogP contribution is 2.20. The van der Waals surface area contributed by atoms with Gasteiger partial charge in [0.1, 0.15) is 5.60 Å². The van der Waals surface area contributed by atoms with Crippen LogP contribution in [-0.2, 0) is 37.1 Å². The van der Waals surface area contributed by atoms with Gasteiger partial charge < -0.3 is 25.2 Å². The average Bonchev–Trinajstić information content (AvgIpc) is 2.95. The standard InChI is InChI=1S/C32H47N3O7S/c1-23(2)26(22-43(39,40)35-16-18-41-19-17-35)30(37)33-27(20-24-12-8-6-9-13-24)29(36)28(21-25-14-10-7-11-15-25)34-31(38)42-32(3,4)5/h6-15,23,26-29,36H,16-22H2,1-5H3,(H,33,37)(H,34,38). The molecule has 1 saturated heterocycles.